The van der Waals surface area contributed by atoms with E-state index in [0.29, 0.717) is 22.4 Å². The summed E-state index contributed by atoms with van der Waals surface area (Å²) < 4.78 is 20.8. The molecule has 0 saturated heterocycles. The van der Waals surface area contributed by atoms with Gasteiger partial charge < -0.3 is 14.6 Å². The van der Waals surface area contributed by atoms with Crippen LogP contribution in [0.2, 0.25) is 0 Å². The van der Waals surface area contributed by atoms with Gasteiger partial charge in [-0.25, -0.2) is 9.07 Å². The number of nitrogens with zero attached hydrogens (tertiary/aromatic N) is 4. The van der Waals surface area contributed by atoms with Crippen LogP contribution < -0.4 is 5.32 Å². The van der Waals surface area contributed by atoms with E-state index in [1.165, 1.54) is 40.1 Å². The van der Waals surface area contributed by atoms with Gasteiger partial charge in [0.05, 0.1) is 18.3 Å². The van der Waals surface area contributed by atoms with Crippen molar-refractivity contribution in [3.8, 4) is 0 Å². The van der Waals surface area contributed by atoms with E-state index >= 15 is 0 Å². The smallest absolute Gasteiger partial charge is 0.247 e. The molecule has 37 heavy (non-hydrogen) atoms. The Kier molecular flexibility index (Phi) is 7.02. The maximum Gasteiger partial charge on any atom is 0.247 e. The first-order chi connectivity index (χ1) is 18.1. The van der Waals surface area contributed by atoms with Gasteiger partial charge in [0, 0.05) is 6.54 Å². The lowest BCUT2D eigenvalue weighted by molar-refractivity contribution is -0.142. The molecule has 0 aliphatic heterocycles. The van der Waals surface area contributed by atoms with Crippen LogP contribution in [0.25, 0.3) is 11.0 Å². The van der Waals surface area contributed by atoms with Gasteiger partial charge in [0.25, 0.3) is 0 Å². The van der Waals surface area contributed by atoms with Gasteiger partial charge in [0.2, 0.25) is 11.8 Å². The number of hydrogen-bond acceptors (Lipinski definition) is 5. The number of furan rings is 1. The molecule has 0 radical (unpaired) electrons. The largest absolute Gasteiger partial charge is 0.467 e. The molecule has 8 nitrogen and oxygen atoms in total. The van der Waals surface area contributed by atoms with Crippen LogP contribution in [0, 0.1) is 5.82 Å². The molecule has 2 amide bonds. The van der Waals surface area contributed by atoms with Crippen LogP contribution in [0.4, 0.5) is 4.39 Å². The minimum absolute atomic E-state index is 0.0270. The predicted octanol–water partition coefficient (Wildman–Crippen LogP) is 4.25. The molecule has 1 unspecified atom stereocenters. The maximum atomic E-state index is 13.8. The summed E-state index contributed by atoms with van der Waals surface area (Å²) in [4.78, 5) is 28.8. The molecular formula is C28H24FN5O3. The molecular weight excluding hydrogens is 473 g/mol. The fraction of sp³-hybridized carbons (Fsp3) is 0.143. The minimum Gasteiger partial charge on any atom is -0.467 e. The number of para-hydroxylation sites is 1. The van der Waals surface area contributed by atoms with Gasteiger partial charge in [-0.2, -0.15) is 0 Å². The van der Waals surface area contributed by atoms with E-state index in [1.54, 1.807) is 12.1 Å². The summed E-state index contributed by atoms with van der Waals surface area (Å²) in [7, 11) is 0. The van der Waals surface area contributed by atoms with Crippen LogP contribution in [0.3, 0.4) is 0 Å². The van der Waals surface area contributed by atoms with E-state index in [9.17, 15) is 14.0 Å². The summed E-state index contributed by atoms with van der Waals surface area (Å²) in [5.74, 6) is -0.722. The second-order valence-electron chi connectivity index (χ2n) is 8.49. The molecule has 0 aliphatic carbocycles. The number of hydrogen-bond donors (Lipinski definition) is 1. The molecule has 0 fully saturated rings. The number of aromatic nitrogens is 3. The van der Waals surface area contributed by atoms with E-state index in [-0.39, 0.29) is 25.5 Å². The zero-order chi connectivity index (χ0) is 25.6. The van der Waals surface area contributed by atoms with Gasteiger partial charge in [0.1, 0.15) is 29.7 Å². The highest BCUT2D eigenvalue weighted by Gasteiger charge is 2.32. The fourth-order valence-corrected chi connectivity index (χ4v) is 4.15. The van der Waals surface area contributed by atoms with Crippen molar-refractivity contribution in [2.24, 2.45) is 0 Å². The van der Waals surface area contributed by atoms with Crippen molar-refractivity contribution in [1.82, 2.24) is 25.2 Å². The second kappa shape index (κ2) is 10.9. The third-order valence-corrected chi connectivity index (χ3v) is 5.99. The van der Waals surface area contributed by atoms with Gasteiger partial charge in [-0.05, 0) is 47.5 Å². The molecule has 0 bridgehead atoms. The SMILES string of the molecule is O=C(NCc1ccccc1)C(c1ccc(F)cc1)N(Cc1ccco1)C(=O)Cn1nnc2ccccc21. The van der Waals surface area contributed by atoms with Gasteiger partial charge in [0.15, 0.2) is 0 Å². The van der Waals surface area contributed by atoms with Crippen LogP contribution in [-0.2, 0) is 29.2 Å². The van der Waals surface area contributed by atoms with Crippen LogP contribution >= 0.6 is 0 Å². The first-order valence-corrected chi connectivity index (χ1v) is 11.8. The predicted molar refractivity (Wildman–Crippen MR) is 134 cm³/mol. The first kappa shape index (κ1) is 23.9. The summed E-state index contributed by atoms with van der Waals surface area (Å²) in [6, 6.07) is 24.7. The lowest BCUT2D eigenvalue weighted by Gasteiger charge is -2.31. The Hall–Kier alpha value is -4.79. The molecule has 2 heterocycles. The normalized spacial score (nSPS) is 11.8. The van der Waals surface area contributed by atoms with Crippen molar-refractivity contribution in [1.29, 1.82) is 0 Å². The Labute approximate surface area is 212 Å². The molecule has 9 heteroatoms. The van der Waals surface area contributed by atoms with Crippen LogP contribution in [-0.4, -0.2) is 31.7 Å². The molecule has 186 valence electrons. The van der Waals surface area contributed by atoms with Crippen molar-refractivity contribution in [3.63, 3.8) is 0 Å². The number of fused-ring (bicyclic) bond motifs is 1. The zero-order valence-electron chi connectivity index (χ0n) is 19.8. The number of amides is 2. The number of carbonyl (C=O) groups excluding carboxylic acids is 2. The number of nitrogens with one attached hydrogen (secondary N) is 1. The Morgan fingerprint density at radius 2 is 1.70 bits per heavy atom. The van der Waals surface area contributed by atoms with E-state index in [4.69, 9.17) is 4.42 Å². The minimum atomic E-state index is -1.04. The molecule has 0 saturated carbocycles. The summed E-state index contributed by atoms with van der Waals surface area (Å²) in [5, 5.41) is 11.2. The third kappa shape index (κ3) is 5.56. The topological polar surface area (TPSA) is 93.3 Å². The molecule has 1 N–H and O–H groups in total. The lowest BCUT2D eigenvalue weighted by Crippen LogP contribution is -2.44. The summed E-state index contributed by atoms with van der Waals surface area (Å²) in [6.45, 7) is 0.151. The Morgan fingerprint density at radius 1 is 0.946 bits per heavy atom. The summed E-state index contributed by atoms with van der Waals surface area (Å²) in [6.07, 6.45) is 1.51. The standard InChI is InChI=1S/C28H24FN5O3/c29-22-14-12-21(13-15-22)27(28(36)30-17-20-7-2-1-3-8-20)33(18-23-9-6-16-37-23)26(35)19-34-25-11-5-4-10-24(25)31-32-34/h1-16,27H,17-19H2,(H,30,36). The molecule has 5 aromatic rings. The van der Waals surface area contributed by atoms with Crippen molar-refractivity contribution in [3.05, 3.63) is 120 Å². The van der Waals surface area contributed by atoms with E-state index in [0.717, 1.165) is 5.56 Å². The molecule has 0 aliphatic rings. The van der Waals surface area contributed by atoms with Crippen molar-refractivity contribution < 1.29 is 18.4 Å². The van der Waals surface area contributed by atoms with Gasteiger partial charge >= 0.3 is 0 Å². The molecule has 2 aromatic heterocycles. The molecule has 3 aromatic carbocycles. The van der Waals surface area contributed by atoms with Gasteiger partial charge in [-0.15, -0.1) is 5.10 Å². The van der Waals surface area contributed by atoms with Crippen LogP contribution in [0.1, 0.15) is 22.9 Å². The second-order valence-corrected chi connectivity index (χ2v) is 8.49. The number of halogens is 1. The van der Waals surface area contributed by atoms with E-state index in [1.807, 2.05) is 54.6 Å². The van der Waals surface area contributed by atoms with Crippen LogP contribution in [0.5, 0.6) is 0 Å². The van der Waals surface area contributed by atoms with Crippen molar-refractivity contribution in [2.75, 3.05) is 0 Å². The first-order valence-electron chi connectivity index (χ1n) is 11.8. The average molecular weight is 498 g/mol. The summed E-state index contributed by atoms with van der Waals surface area (Å²) >= 11 is 0. The highest BCUT2D eigenvalue weighted by atomic mass is 19.1. The van der Waals surface area contributed by atoms with E-state index in [2.05, 4.69) is 15.6 Å². The number of carbonyl (C=O) groups is 2. The summed E-state index contributed by atoms with van der Waals surface area (Å²) in [5.41, 5.74) is 2.73. The lowest BCUT2D eigenvalue weighted by atomic mass is 10.0. The van der Waals surface area contributed by atoms with Crippen LogP contribution in [0.15, 0.2) is 102 Å². The third-order valence-electron chi connectivity index (χ3n) is 5.99. The van der Waals surface area contributed by atoms with Crippen molar-refractivity contribution >= 4 is 22.8 Å². The van der Waals surface area contributed by atoms with Gasteiger partial charge in [-0.3, -0.25) is 9.59 Å². The highest BCUT2D eigenvalue weighted by molar-refractivity contribution is 5.89. The fourth-order valence-electron chi connectivity index (χ4n) is 4.15. The Bertz CT molecular complexity index is 1480. The molecule has 5 rings (SSSR count). The highest BCUT2D eigenvalue weighted by Crippen LogP contribution is 2.25. The monoisotopic (exact) mass is 497 g/mol. The maximum absolute atomic E-state index is 13.8. The Balaban J connectivity index is 1.49. The van der Waals surface area contributed by atoms with E-state index < -0.39 is 17.8 Å². The van der Waals surface area contributed by atoms with Crippen molar-refractivity contribution in [2.45, 2.75) is 25.7 Å². The zero-order valence-corrected chi connectivity index (χ0v) is 19.8. The Morgan fingerprint density at radius 3 is 2.46 bits per heavy atom. The van der Waals surface area contributed by atoms with Gasteiger partial charge in [-0.1, -0.05) is 59.8 Å². The quantitative estimate of drug-likeness (QED) is 0.329. The molecule has 0 spiro atoms. The number of rotatable bonds is 9. The number of benzene rings is 3. The average Bonchev–Trinajstić information content (AvgIpc) is 3.59. The molecule has 1 atom stereocenters.